The van der Waals surface area contributed by atoms with Crippen LogP contribution in [0.1, 0.15) is 0 Å². The summed E-state index contributed by atoms with van der Waals surface area (Å²) in [7, 11) is 0. The second-order valence-corrected chi connectivity index (χ2v) is 7.96. The van der Waals surface area contributed by atoms with Crippen LogP contribution in [0.4, 0.5) is 42.4 Å². The van der Waals surface area contributed by atoms with E-state index in [0.29, 0.717) is 23.0 Å². The summed E-state index contributed by atoms with van der Waals surface area (Å²) in [6.45, 7) is 0.517. The van der Waals surface area contributed by atoms with E-state index >= 15 is 0 Å². The van der Waals surface area contributed by atoms with Gasteiger partial charge in [-0.1, -0.05) is 11.6 Å². The fraction of sp³-hybridized carbons (Fsp3) is 0.130. The number of nitrogens with zero attached hydrogens (tertiary/aromatic N) is 1. The first-order valence-corrected chi connectivity index (χ1v) is 11.0. The summed E-state index contributed by atoms with van der Waals surface area (Å²) in [5.74, 6) is -1.09. The first-order chi connectivity index (χ1) is 17.3. The fourth-order valence-corrected chi connectivity index (χ4v) is 3.48. The SMILES string of the molecule is O=C(Nc1ccc(Cl)cc1)Nc1cc[nH]c(=O)c1NC(=O)Nc1ccc(N2CCOCC2=O)cc1F. The van der Waals surface area contributed by atoms with Crippen LogP contribution in [0.5, 0.6) is 0 Å². The molecule has 0 spiro atoms. The maximum absolute atomic E-state index is 14.6. The summed E-state index contributed by atoms with van der Waals surface area (Å²) >= 11 is 5.83. The molecule has 13 heteroatoms. The van der Waals surface area contributed by atoms with Crippen molar-refractivity contribution >= 4 is 58.0 Å². The highest BCUT2D eigenvalue weighted by Gasteiger charge is 2.21. The van der Waals surface area contributed by atoms with Crippen molar-refractivity contribution in [2.24, 2.45) is 0 Å². The summed E-state index contributed by atoms with van der Waals surface area (Å²) in [4.78, 5) is 52.9. The van der Waals surface area contributed by atoms with Gasteiger partial charge in [0.2, 0.25) is 0 Å². The highest BCUT2D eigenvalue weighted by Crippen LogP contribution is 2.24. The van der Waals surface area contributed by atoms with Crippen LogP contribution in [-0.4, -0.2) is 42.7 Å². The third-order valence-corrected chi connectivity index (χ3v) is 5.30. The summed E-state index contributed by atoms with van der Waals surface area (Å²) in [6.07, 6.45) is 1.29. The molecule has 0 radical (unpaired) electrons. The molecule has 5 amide bonds. The van der Waals surface area contributed by atoms with Crippen molar-refractivity contribution < 1.29 is 23.5 Å². The lowest BCUT2D eigenvalue weighted by Gasteiger charge is -2.27. The first-order valence-electron chi connectivity index (χ1n) is 10.6. The number of morpholine rings is 1. The van der Waals surface area contributed by atoms with Crippen molar-refractivity contribution in [3.63, 3.8) is 0 Å². The molecule has 2 heterocycles. The lowest BCUT2D eigenvalue weighted by molar-refractivity contribution is -0.125. The van der Waals surface area contributed by atoms with Gasteiger partial charge in [0.25, 0.3) is 11.5 Å². The molecule has 3 aromatic rings. The lowest BCUT2D eigenvalue weighted by Crippen LogP contribution is -2.41. The molecule has 0 unspecified atom stereocenters. The largest absolute Gasteiger partial charge is 0.370 e. The number of anilines is 5. The lowest BCUT2D eigenvalue weighted by atomic mass is 10.2. The molecule has 2 aromatic carbocycles. The van der Waals surface area contributed by atoms with Crippen LogP contribution in [-0.2, 0) is 9.53 Å². The van der Waals surface area contributed by atoms with E-state index in [1.165, 1.54) is 29.3 Å². The van der Waals surface area contributed by atoms with E-state index < -0.39 is 23.4 Å². The van der Waals surface area contributed by atoms with Crippen LogP contribution in [0.15, 0.2) is 59.5 Å². The number of hydrogen-bond acceptors (Lipinski definition) is 5. The third-order valence-electron chi connectivity index (χ3n) is 5.05. The normalized spacial score (nSPS) is 13.2. The van der Waals surface area contributed by atoms with Crippen LogP contribution < -0.4 is 31.7 Å². The number of hydrogen-bond donors (Lipinski definition) is 5. The minimum Gasteiger partial charge on any atom is -0.370 e. The number of aromatic nitrogens is 1. The molecule has 186 valence electrons. The number of aromatic amines is 1. The van der Waals surface area contributed by atoms with Crippen LogP contribution in [0.25, 0.3) is 0 Å². The van der Waals surface area contributed by atoms with E-state index in [9.17, 15) is 23.6 Å². The van der Waals surface area contributed by atoms with Gasteiger partial charge in [-0.15, -0.1) is 0 Å². The molecule has 1 aromatic heterocycles. The Morgan fingerprint density at radius 2 is 1.67 bits per heavy atom. The molecule has 1 fully saturated rings. The van der Waals surface area contributed by atoms with Gasteiger partial charge in [0.1, 0.15) is 18.1 Å². The summed E-state index contributed by atoms with van der Waals surface area (Å²) < 4.78 is 19.7. The van der Waals surface area contributed by atoms with E-state index in [-0.39, 0.29) is 36.1 Å². The second-order valence-electron chi connectivity index (χ2n) is 7.52. The zero-order valence-electron chi connectivity index (χ0n) is 18.6. The Kier molecular flexibility index (Phi) is 7.47. The van der Waals surface area contributed by atoms with E-state index in [2.05, 4.69) is 26.3 Å². The summed E-state index contributed by atoms with van der Waals surface area (Å²) in [6, 6.07) is 10.00. The van der Waals surface area contributed by atoms with Gasteiger partial charge in [-0.25, -0.2) is 14.0 Å². The van der Waals surface area contributed by atoms with Crippen LogP contribution in [0, 0.1) is 5.82 Å². The van der Waals surface area contributed by atoms with Gasteiger partial charge in [0, 0.05) is 29.1 Å². The monoisotopic (exact) mass is 514 g/mol. The Labute approximate surface area is 208 Å². The molecule has 4 rings (SSSR count). The minimum atomic E-state index is -0.929. The summed E-state index contributed by atoms with van der Waals surface area (Å²) in [5.41, 5.74) is -0.370. The zero-order chi connectivity index (χ0) is 25.7. The Balaban J connectivity index is 1.43. The number of urea groups is 2. The standard InChI is InChI=1S/C23H20ClFN6O5/c24-13-1-3-14(4-2-13)27-22(34)29-18-7-8-26-21(33)20(18)30-23(35)28-17-6-5-15(11-16(17)25)31-9-10-36-12-19(31)32/h1-8,11H,9-10,12H2,(H2,28,30,35)(H3,26,27,29,33,34). The number of halogens is 2. The van der Waals surface area contributed by atoms with Gasteiger partial charge in [0.15, 0.2) is 0 Å². The van der Waals surface area contributed by atoms with Crippen LogP contribution in [0.2, 0.25) is 5.02 Å². The van der Waals surface area contributed by atoms with Crippen molar-refractivity contribution in [1.29, 1.82) is 0 Å². The number of benzene rings is 2. The minimum absolute atomic E-state index is 0.00186. The Morgan fingerprint density at radius 3 is 2.39 bits per heavy atom. The fourth-order valence-electron chi connectivity index (χ4n) is 3.36. The molecule has 1 saturated heterocycles. The van der Waals surface area contributed by atoms with Gasteiger partial charge < -0.3 is 35.9 Å². The Hall–Kier alpha value is -4.42. The quantitative estimate of drug-likeness (QED) is 0.351. The van der Waals surface area contributed by atoms with Crippen LogP contribution in [0.3, 0.4) is 0 Å². The number of H-pyrrole nitrogens is 1. The molecule has 1 aliphatic heterocycles. The maximum Gasteiger partial charge on any atom is 0.323 e. The van der Waals surface area contributed by atoms with Gasteiger partial charge in [-0.05, 0) is 48.5 Å². The molecule has 1 aliphatic rings. The number of rotatable bonds is 5. The summed E-state index contributed by atoms with van der Waals surface area (Å²) in [5, 5.41) is 10.2. The van der Waals surface area contributed by atoms with E-state index in [1.54, 1.807) is 24.3 Å². The average molecular weight is 515 g/mol. The highest BCUT2D eigenvalue weighted by atomic mass is 35.5. The van der Waals surface area contributed by atoms with E-state index in [1.807, 2.05) is 0 Å². The van der Waals surface area contributed by atoms with Gasteiger partial charge in [-0.3, -0.25) is 9.59 Å². The molecule has 0 bridgehead atoms. The number of pyridine rings is 1. The number of carbonyl (C=O) groups is 3. The number of carbonyl (C=O) groups excluding carboxylic acids is 3. The number of nitrogens with one attached hydrogen (secondary N) is 5. The van der Waals surface area contributed by atoms with E-state index in [4.69, 9.17) is 16.3 Å². The zero-order valence-corrected chi connectivity index (χ0v) is 19.3. The van der Waals surface area contributed by atoms with Crippen molar-refractivity contribution in [2.75, 3.05) is 45.9 Å². The topological polar surface area (TPSA) is 145 Å². The Morgan fingerprint density at radius 1 is 0.944 bits per heavy atom. The van der Waals surface area contributed by atoms with Crippen molar-refractivity contribution in [3.05, 3.63) is 75.9 Å². The molecule has 36 heavy (non-hydrogen) atoms. The molecule has 5 N–H and O–H groups in total. The molecular formula is C23H20ClFN6O5. The molecule has 0 saturated carbocycles. The first kappa shape index (κ1) is 24.7. The maximum atomic E-state index is 14.6. The smallest absolute Gasteiger partial charge is 0.323 e. The molecule has 0 aliphatic carbocycles. The van der Waals surface area contributed by atoms with Gasteiger partial charge in [-0.2, -0.15) is 0 Å². The number of ether oxygens (including phenoxy) is 1. The van der Waals surface area contributed by atoms with Gasteiger partial charge in [0.05, 0.1) is 18.0 Å². The van der Waals surface area contributed by atoms with Crippen molar-refractivity contribution in [2.45, 2.75) is 0 Å². The van der Waals surface area contributed by atoms with Gasteiger partial charge >= 0.3 is 12.1 Å². The molecule has 0 atom stereocenters. The predicted octanol–water partition coefficient (Wildman–Crippen LogP) is 3.82. The van der Waals surface area contributed by atoms with Crippen molar-refractivity contribution in [3.8, 4) is 0 Å². The third kappa shape index (κ3) is 5.98. The van der Waals surface area contributed by atoms with E-state index in [0.717, 1.165) is 6.07 Å². The van der Waals surface area contributed by atoms with Crippen molar-refractivity contribution in [1.82, 2.24) is 4.98 Å². The average Bonchev–Trinajstić information content (AvgIpc) is 2.84. The highest BCUT2D eigenvalue weighted by molar-refractivity contribution is 6.30. The second kappa shape index (κ2) is 10.9. The van der Waals surface area contributed by atoms with Crippen LogP contribution >= 0.6 is 11.6 Å². The molecule has 11 nitrogen and oxygen atoms in total. The molecular weight excluding hydrogens is 495 g/mol. The predicted molar refractivity (Wildman–Crippen MR) is 133 cm³/mol. The number of amides is 5. The Bertz CT molecular complexity index is 1360.